The average molecular weight is 531 g/mol. The third-order valence-electron chi connectivity index (χ3n) is 7.34. The van der Waals surface area contributed by atoms with Gasteiger partial charge in [0.15, 0.2) is 29.1 Å². The molecule has 1 N–H and O–H groups in total. The van der Waals surface area contributed by atoms with Crippen LogP contribution in [0.5, 0.6) is 34.5 Å². The second-order valence-electron chi connectivity index (χ2n) is 9.38. The van der Waals surface area contributed by atoms with Crippen molar-refractivity contribution in [2.45, 2.75) is 45.8 Å². The third kappa shape index (κ3) is 4.71. The number of benzene rings is 2. The SMILES string of the molecule is C/C=C(\C)C(=O)OC1c2cc(OC)c(OC)c(OC)c2-c2c(cc(OC)c(OC)c2OC)CC(C)C1(C)O. The number of ether oxygens (including phenoxy) is 7. The Balaban J connectivity index is 2.60. The van der Waals surface area contributed by atoms with Crippen molar-refractivity contribution in [1.82, 2.24) is 0 Å². The zero-order valence-corrected chi connectivity index (χ0v) is 23.8. The lowest BCUT2D eigenvalue weighted by atomic mass is 9.73. The smallest absolute Gasteiger partial charge is 0.334 e. The number of esters is 1. The molecule has 1 aliphatic carbocycles. The molecule has 0 amide bonds. The quantitative estimate of drug-likeness (QED) is 0.377. The van der Waals surface area contributed by atoms with Crippen LogP contribution >= 0.6 is 0 Å². The predicted octanol–water partition coefficient (Wildman–Crippen LogP) is 4.90. The Kier molecular flexibility index (Phi) is 8.72. The van der Waals surface area contributed by atoms with Gasteiger partial charge in [0, 0.05) is 22.3 Å². The molecule has 0 spiro atoms. The number of methoxy groups -OCH3 is 6. The van der Waals surface area contributed by atoms with E-state index in [1.807, 2.05) is 13.0 Å². The largest absolute Gasteiger partial charge is 0.493 e. The summed E-state index contributed by atoms with van der Waals surface area (Å²) in [5, 5.41) is 12.0. The van der Waals surface area contributed by atoms with Crippen LogP contribution in [0.3, 0.4) is 0 Å². The third-order valence-corrected chi connectivity index (χ3v) is 7.34. The second kappa shape index (κ2) is 11.4. The highest BCUT2D eigenvalue weighted by atomic mass is 16.6. The van der Waals surface area contributed by atoms with Crippen LogP contribution in [0, 0.1) is 5.92 Å². The number of rotatable bonds is 8. The molecule has 0 aromatic heterocycles. The van der Waals surface area contributed by atoms with Crippen LogP contribution in [0.15, 0.2) is 23.8 Å². The predicted molar refractivity (Wildman–Crippen MR) is 143 cm³/mol. The van der Waals surface area contributed by atoms with Gasteiger partial charge in [-0.1, -0.05) is 13.0 Å². The van der Waals surface area contributed by atoms with Crippen LogP contribution in [0.4, 0.5) is 0 Å². The maximum Gasteiger partial charge on any atom is 0.334 e. The summed E-state index contributed by atoms with van der Waals surface area (Å²) in [5.41, 5.74) is 1.34. The summed E-state index contributed by atoms with van der Waals surface area (Å²) in [6.45, 7) is 6.98. The van der Waals surface area contributed by atoms with Gasteiger partial charge in [-0.2, -0.15) is 0 Å². The molecule has 0 heterocycles. The van der Waals surface area contributed by atoms with Crippen molar-refractivity contribution in [3.8, 4) is 45.6 Å². The molecule has 3 atom stereocenters. The van der Waals surface area contributed by atoms with E-state index in [4.69, 9.17) is 33.2 Å². The van der Waals surface area contributed by atoms with Crippen molar-refractivity contribution in [3.05, 3.63) is 34.9 Å². The van der Waals surface area contributed by atoms with Gasteiger partial charge in [0.25, 0.3) is 0 Å². The molecule has 38 heavy (non-hydrogen) atoms. The van der Waals surface area contributed by atoms with Crippen LogP contribution in [-0.2, 0) is 16.0 Å². The normalized spacial score (nSPS) is 20.8. The van der Waals surface area contributed by atoms with E-state index in [9.17, 15) is 9.90 Å². The Morgan fingerprint density at radius 3 is 1.84 bits per heavy atom. The molecule has 2 aromatic rings. The summed E-state index contributed by atoms with van der Waals surface area (Å²) in [4.78, 5) is 13.1. The molecule has 0 saturated heterocycles. The van der Waals surface area contributed by atoms with E-state index in [1.54, 1.807) is 40.0 Å². The van der Waals surface area contributed by atoms with Gasteiger partial charge in [-0.05, 0) is 50.8 Å². The molecular weight excluding hydrogens is 492 g/mol. The van der Waals surface area contributed by atoms with Gasteiger partial charge in [-0.25, -0.2) is 4.79 Å². The first-order valence-electron chi connectivity index (χ1n) is 12.3. The Hall–Kier alpha value is -3.59. The van der Waals surface area contributed by atoms with E-state index < -0.39 is 17.7 Å². The van der Waals surface area contributed by atoms with Crippen molar-refractivity contribution < 1.29 is 43.1 Å². The molecule has 0 radical (unpaired) electrons. The summed E-state index contributed by atoms with van der Waals surface area (Å²) >= 11 is 0. The number of carbonyl (C=O) groups is 1. The van der Waals surface area contributed by atoms with Crippen molar-refractivity contribution in [1.29, 1.82) is 0 Å². The Labute approximate surface area is 224 Å². The fourth-order valence-corrected chi connectivity index (χ4v) is 4.89. The maximum absolute atomic E-state index is 13.1. The minimum Gasteiger partial charge on any atom is -0.493 e. The van der Waals surface area contributed by atoms with Gasteiger partial charge in [0.1, 0.15) is 5.60 Å². The van der Waals surface area contributed by atoms with Crippen LogP contribution in [0.2, 0.25) is 0 Å². The van der Waals surface area contributed by atoms with Gasteiger partial charge in [-0.15, -0.1) is 0 Å². The molecule has 0 aliphatic heterocycles. The van der Waals surface area contributed by atoms with Gasteiger partial charge >= 0.3 is 5.97 Å². The van der Waals surface area contributed by atoms with Crippen molar-refractivity contribution in [2.24, 2.45) is 5.92 Å². The first-order valence-corrected chi connectivity index (χ1v) is 12.3. The van der Waals surface area contributed by atoms with Crippen molar-refractivity contribution in [3.63, 3.8) is 0 Å². The molecule has 1 aliphatic rings. The van der Waals surface area contributed by atoms with E-state index in [1.165, 1.54) is 35.5 Å². The van der Waals surface area contributed by atoms with Crippen LogP contribution < -0.4 is 28.4 Å². The first kappa shape index (κ1) is 29.0. The average Bonchev–Trinajstić information content (AvgIpc) is 2.92. The topological polar surface area (TPSA) is 102 Å². The van der Waals surface area contributed by atoms with E-state index in [0.29, 0.717) is 63.2 Å². The van der Waals surface area contributed by atoms with Crippen LogP contribution in [0.25, 0.3) is 11.1 Å². The van der Waals surface area contributed by atoms with Crippen LogP contribution in [-0.4, -0.2) is 59.3 Å². The standard InChI is InChI=1S/C29H38O9/c1-11-15(2)28(30)38-27-18-14-20(33-6)24(35-8)26(37-10)22(18)21-17(12-16(3)29(27,4)31)13-19(32-5)23(34-7)25(21)36-9/h11,13-14,16,27,31H,12H2,1-10H3/b15-11+. The lowest BCUT2D eigenvalue weighted by Gasteiger charge is -2.41. The van der Waals surface area contributed by atoms with Gasteiger partial charge in [-0.3, -0.25) is 0 Å². The first-order chi connectivity index (χ1) is 18.0. The molecule has 3 unspecified atom stereocenters. The minimum absolute atomic E-state index is 0.322. The maximum atomic E-state index is 13.1. The zero-order valence-electron chi connectivity index (χ0n) is 23.8. The molecule has 3 rings (SSSR count). The second-order valence-corrected chi connectivity index (χ2v) is 9.38. The monoisotopic (exact) mass is 530 g/mol. The minimum atomic E-state index is -1.50. The van der Waals surface area contributed by atoms with E-state index >= 15 is 0 Å². The highest BCUT2D eigenvalue weighted by Gasteiger charge is 2.47. The molecule has 9 nitrogen and oxygen atoms in total. The summed E-state index contributed by atoms with van der Waals surface area (Å²) in [6.07, 6.45) is 0.955. The number of hydrogen-bond acceptors (Lipinski definition) is 9. The van der Waals surface area contributed by atoms with Gasteiger partial charge in [0.05, 0.1) is 42.7 Å². The fraction of sp³-hybridized carbons (Fsp3) is 0.483. The van der Waals surface area contributed by atoms with Crippen molar-refractivity contribution in [2.75, 3.05) is 42.7 Å². The Morgan fingerprint density at radius 1 is 0.868 bits per heavy atom. The zero-order chi connectivity index (χ0) is 28.4. The Morgan fingerprint density at radius 2 is 1.37 bits per heavy atom. The van der Waals surface area contributed by atoms with E-state index in [-0.39, 0.29) is 5.92 Å². The van der Waals surface area contributed by atoms with Gasteiger partial charge in [0.2, 0.25) is 11.5 Å². The molecule has 9 heteroatoms. The number of allylic oxidation sites excluding steroid dienone is 1. The summed E-state index contributed by atoms with van der Waals surface area (Å²) < 4.78 is 40.5. The number of carbonyl (C=O) groups excluding carboxylic acids is 1. The van der Waals surface area contributed by atoms with Gasteiger partial charge < -0.3 is 38.3 Å². The Bertz CT molecular complexity index is 1230. The molecule has 0 saturated carbocycles. The highest BCUT2D eigenvalue weighted by molar-refractivity contribution is 5.90. The number of hydrogen-bond donors (Lipinski definition) is 1. The van der Waals surface area contributed by atoms with E-state index in [0.717, 1.165) is 5.56 Å². The fourth-order valence-electron chi connectivity index (χ4n) is 4.89. The molecule has 2 aromatic carbocycles. The lowest BCUT2D eigenvalue weighted by molar-refractivity contribution is -0.166. The number of aliphatic hydroxyl groups is 1. The lowest BCUT2D eigenvalue weighted by Crippen LogP contribution is -2.44. The number of fused-ring (bicyclic) bond motifs is 3. The molecule has 208 valence electrons. The molecule has 0 bridgehead atoms. The summed E-state index contributed by atoms with van der Waals surface area (Å²) in [7, 11) is 9.13. The summed E-state index contributed by atoms with van der Waals surface area (Å²) in [5.74, 6) is 1.33. The van der Waals surface area contributed by atoms with Crippen molar-refractivity contribution >= 4 is 5.97 Å². The molecule has 0 fully saturated rings. The van der Waals surface area contributed by atoms with E-state index in [2.05, 4.69) is 0 Å². The molecular formula is C29H38O9. The summed E-state index contributed by atoms with van der Waals surface area (Å²) in [6, 6.07) is 3.56. The highest BCUT2D eigenvalue weighted by Crippen LogP contribution is 2.58. The van der Waals surface area contributed by atoms with Crippen LogP contribution in [0.1, 0.15) is 44.9 Å².